The van der Waals surface area contributed by atoms with Crippen LogP contribution in [0.2, 0.25) is 0 Å². The van der Waals surface area contributed by atoms with E-state index in [-0.39, 0.29) is 40.8 Å². The summed E-state index contributed by atoms with van der Waals surface area (Å²) in [6.07, 6.45) is 6.72. The maximum absolute atomic E-state index is 14.0. The normalized spacial score (nSPS) is 22.5. The van der Waals surface area contributed by atoms with E-state index >= 15 is 0 Å². The van der Waals surface area contributed by atoms with Crippen LogP contribution in [0.5, 0.6) is 0 Å². The standard InChI is InChI=1S/C22H29FN4O3S/c1-2-3-19(28)25-15-4-6-16(7-5-15)27-21(29)18-12-14(23)13-24-20(18)26(22(27)30)17-8-10-31-11-9-17/h12-13,15-17H,2-11H2,1H3,(H,25,28). The van der Waals surface area contributed by atoms with Crippen LogP contribution >= 0.6 is 11.8 Å². The van der Waals surface area contributed by atoms with Crippen molar-refractivity contribution in [2.45, 2.75) is 76.4 Å². The Kier molecular flexibility index (Phi) is 6.79. The Morgan fingerprint density at radius 1 is 1.13 bits per heavy atom. The molecule has 1 N–H and O–H groups in total. The average Bonchev–Trinajstić information content (AvgIpc) is 2.76. The van der Waals surface area contributed by atoms with Gasteiger partial charge in [-0.2, -0.15) is 11.8 Å². The van der Waals surface area contributed by atoms with Crippen molar-refractivity contribution in [1.29, 1.82) is 0 Å². The number of carbonyl (C=O) groups is 1. The summed E-state index contributed by atoms with van der Waals surface area (Å²) in [5.74, 6) is 1.36. The van der Waals surface area contributed by atoms with Crippen molar-refractivity contribution in [3.8, 4) is 0 Å². The van der Waals surface area contributed by atoms with E-state index in [1.54, 1.807) is 4.57 Å². The highest BCUT2D eigenvalue weighted by Crippen LogP contribution is 2.30. The largest absolute Gasteiger partial charge is 0.353 e. The number of amides is 1. The first-order valence-corrected chi connectivity index (χ1v) is 12.3. The Bertz CT molecular complexity index is 1070. The highest BCUT2D eigenvalue weighted by Gasteiger charge is 2.29. The summed E-state index contributed by atoms with van der Waals surface area (Å²) in [6.45, 7) is 1.97. The third-order valence-corrected chi connectivity index (χ3v) is 7.43. The lowest BCUT2D eigenvalue weighted by molar-refractivity contribution is -0.122. The van der Waals surface area contributed by atoms with Gasteiger partial charge < -0.3 is 5.32 Å². The molecule has 168 valence electrons. The molecular weight excluding hydrogens is 419 g/mol. The van der Waals surface area contributed by atoms with E-state index in [1.165, 1.54) is 10.6 Å². The number of carbonyl (C=O) groups excluding carboxylic acids is 1. The zero-order valence-corrected chi connectivity index (χ0v) is 18.6. The Morgan fingerprint density at radius 2 is 1.81 bits per heavy atom. The van der Waals surface area contributed by atoms with Crippen molar-refractivity contribution in [2.24, 2.45) is 0 Å². The molecule has 0 bridgehead atoms. The zero-order chi connectivity index (χ0) is 22.0. The van der Waals surface area contributed by atoms with E-state index in [0.717, 1.165) is 37.0 Å². The summed E-state index contributed by atoms with van der Waals surface area (Å²) in [7, 11) is 0. The summed E-state index contributed by atoms with van der Waals surface area (Å²) in [6, 6.07) is 0.982. The van der Waals surface area contributed by atoms with Gasteiger partial charge in [-0.15, -0.1) is 0 Å². The predicted molar refractivity (Wildman–Crippen MR) is 120 cm³/mol. The van der Waals surface area contributed by atoms with Gasteiger partial charge >= 0.3 is 5.69 Å². The van der Waals surface area contributed by atoms with E-state index in [9.17, 15) is 18.8 Å². The predicted octanol–water partition coefficient (Wildman–Crippen LogP) is 3.17. The number of hydrogen-bond acceptors (Lipinski definition) is 5. The Balaban J connectivity index is 1.69. The third-order valence-electron chi connectivity index (χ3n) is 6.38. The van der Waals surface area contributed by atoms with Gasteiger partial charge in [0.05, 0.1) is 11.6 Å². The quantitative estimate of drug-likeness (QED) is 0.759. The molecule has 0 atom stereocenters. The number of hydrogen-bond donors (Lipinski definition) is 1. The van der Waals surface area contributed by atoms with Crippen molar-refractivity contribution in [3.63, 3.8) is 0 Å². The lowest BCUT2D eigenvalue weighted by Crippen LogP contribution is -2.46. The van der Waals surface area contributed by atoms with Gasteiger partial charge in [0.2, 0.25) is 5.91 Å². The molecule has 9 heteroatoms. The highest BCUT2D eigenvalue weighted by molar-refractivity contribution is 7.99. The molecule has 0 spiro atoms. The molecule has 3 heterocycles. The second-order valence-electron chi connectivity index (χ2n) is 8.52. The molecule has 7 nitrogen and oxygen atoms in total. The van der Waals surface area contributed by atoms with Crippen LogP contribution in [0.15, 0.2) is 21.9 Å². The fraction of sp³-hybridized carbons (Fsp3) is 0.636. The molecule has 4 rings (SSSR count). The van der Waals surface area contributed by atoms with Crippen LogP contribution in [-0.2, 0) is 4.79 Å². The maximum atomic E-state index is 14.0. The number of aromatic nitrogens is 3. The van der Waals surface area contributed by atoms with Crippen LogP contribution < -0.4 is 16.6 Å². The SMILES string of the molecule is CCCC(=O)NC1CCC(n2c(=O)c3cc(F)cnc3n(C3CCSCC3)c2=O)CC1. The molecule has 2 aromatic rings. The Labute approximate surface area is 184 Å². The number of thioether (sulfide) groups is 1. The van der Waals surface area contributed by atoms with E-state index in [0.29, 0.717) is 32.1 Å². The van der Waals surface area contributed by atoms with Gasteiger partial charge in [-0.05, 0) is 62.5 Å². The minimum absolute atomic E-state index is 0.0364. The number of nitrogens with one attached hydrogen (secondary N) is 1. The second-order valence-corrected chi connectivity index (χ2v) is 9.74. The molecule has 1 saturated carbocycles. The van der Waals surface area contributed by atoms with Crippen molar-refractivity contribution in [1.82, 2.24) is 19.4 Å². The minimum atomic E-state index is -0.581. The van der Waals surface area contributed by atoms with Crippen molar-refractivity contribution in [3.05, 3.63) is 38.9 Å². The molecule has 31 heavy (non-hydrogen) atoms. The zero-order valence-electron chi connectivity index (χ0n) is 17.8. The molecule has 1 aliphatic carbocycles. The van der Waals surface area contributed by atoms with Crippen molar-refractivity contribution < 1.29 is 9.18 Å². The summed E-state index contributed by atoms with van der Waals surface area (Å²) >= 11 is 1.85. The number of rotatable bonds is 5. The topological polar surface area (TPSA) is 86.0 Å². The van der Waals surface area contributed by atoms with Crippen LogP contribution in [0, 0.1) is 5.82 Å². The van der Waals surface area contributed by atoms with E-state index < -0.39 is 11.4 Å². The second kappa shape index (κ2) is 9.54. The number of fused-ring (bicyclic) bond motifs is 1. The highest BCUT2D eigenvalue weighted by atomic mass is 32.2. The van der Waals surface area contributed by atoms with Crippen LogP contribution in [-0.4, -0.2) is 37.6 Å². The van der Waals surface area contributed by atoms with Crippen LogP contribution in [0.4, 0.5) is 4.39 Å². The number of nitrogens with zero attached hydrogens (tertiary/aromatic N) is 3. The molecule has 1 aliphatic heterocycles. The molecule has 2 fully saturated rings. The van der Waals surface area contributed by atoms with Crippen LogP contribution in [0.25, 0.3) is 11.0 Å². The van der Waals surface area contributed by atoms with E-state index in [4.69, 9.17) is 0 Å². The van der Waals surface area contributed by atoms with Gasteiger partial charge in [-0.1, -0.05) is 6.92 Å². The molecule has 0 aromatic carbocycles. The van der Waals surface area contributed by atoms with E-state index in [2.05, 4.69) is 10.3 Å². The lowest BCUT2D eigenvalue weighted by atomic mass is 9.90. The molecule has 0 unspecified atom stereocenters. The molecule has 2 aliphatic rings. The van der Waals surface area contributed by atoms with Gasteiger partial charge in [-0.25, -0.2) is 14.2 Å². The number of halogens is 1. The number of pyridine rings is 1. The van der Waals surface area contributed by atoms with Gasteiger partial charge in [-0.3, -0.25) is 18.7 Å². The lowest BCUT2D eigenvalue weighted by Gasteiger charge is -2.31. The van der Waals surface area contributed by atoms with Gasteiger partial charge in [0.1, 0.15) is 11.5 Å². The van der Waals surface area contributed by atoms with Crippen molar-refractivity contribution in [2.75, 3.05) is 11.5 Å². The van der Waals surface area contributed by atoms with E-state index in [1.807, 2.05) is 18.7 Å². The molecule has 1 amide bonds. The average molecular weight is 449 g/mol. The Morgan fingerprint density at radius 3 is 2.48 bits per heavy atom. The van der Waals surface area contributed by atoms with Gasteiger partial charge in [0.25, 0.3) is 5.56 Å². The first-order chi connectivity index (χ1) is 15.0. The monoisotopic (exact) mass is 448 g/mol. The summed E-state index contributed by atoms with van der Waals surface area (Å²) in [5, 5.41) is 3.21. The van der Waals surface area contributed by atoms with Gasteiger partial charge in [0.15, 0.2) is 0 Å². The third kappa shape index (κ3) is 4.56. The summed E-state index contributed by atoms with van der Waals surface area (Å²) in [4.78, 5) is 42.8. The maximum Gasteiger partial charge on any atom is 0.333 e. The fourth-order valence-electron chi connectivity index (χ4n) is 4.80. The Hall–Kier alpha value is -2.16. The van der Waals surface area contributed by atoms with Crippen molar-refractivity contribution >= 4 is 28.7 Å². The smallest absolute Gasteiger partial charge is 0.333 e. The molecule has 0 radical (unpaired) electrons. The summed E-state index contributed by atoms with van der Waals surface area (Å²) < 4.78 is 16.9. The molecule has 2 aromatic heterocycles. The van der Waals surface area contributed by atoms with Gasteiger partial charge in [0, 0.05) is 24.5 Å². The van der Waals surface area contributed by atoms with Crippen LogP contribution in [0.1, 0.15) is 70.4 Å². The molecular formula is C22H29FN4O3S. The first kappa shape index (κ1) is 22.0. The van der Waals surface area contributed by atoms with Crippen LogP contribution in [0.3, 0.4) is 0 Å². The first-order valence-electron chi connectivity index (χ1n) is 11.2. The summed E-state index contributed by atoms with van der Waals surface area (Å²) in [5.41, 5.74) is -0.524. The minimum Gasteiger partial charge on any atom is -0.353 e. The molecule has 1 saturated heterocycles. The fourth-order valence-corrected chi connectivity index (χ4v) is 5.89.